The van der Waals surface area contributed by atoms with Crippen molar-refractivity contribution in [3.05, 3.63) is 193 Å². The van der Waals surface area contributed by atoms with E-state index < -0.39 is 5.41 Å². The van der Waals surface area contributed by atoms with Crippen LogP contribution in [-0.4, -0.2) is 19.9 Å². The maximum absolute atomic E-state index is 4.31. The fourth-order valence-corrected chi connectivity index (χ4v) is 8.12. The van der Waals surface area contributed by atoms with Gasteiger partial charge in [-0.15, -0.1) is 0 Å². The lowest BCUT2D eigenvalue weighted by molar-refractivity contribution is 0.795. The summed E-state index contributed by atoms with van der Waals surface area (Å²) in [5.41, 5.74) is 18.9. The molecule has 4 heteroatoms. The molecule has 0 aliphatic heterocycles. The van der Waals surface area contributed by atoms with Crippen LogP contribution in [0, 0.1) is 0 Å². The van der Waals surface area contributed by atoms with E-state index in [-0.39, 0.29) is 0 Å². The molecule has 2 aliphatic carbocycles. The first-order valence-corrected chi connectivity index (χ1v) is 16.5. The van der Waals surface area contributed by atoms with Gasteiger partial charge in [-0.05, 0) is 162 Å². The van der Waals surface area contributed by atoms with E-state index in [0.717, 1.165) is 22.3 Å². The SMILES string of the molecule is c1cc(-c2ccc3c(c2)C2(c4cc(-c5ccncc5)ccc4-3)c3cc(-c4ccncc4)ccc3-c3ccc(-c4ccncc4)cc32)ccn1. The highest BCUT2D eigenvalue weighted by Crippen LogP contribution is 2.64. The Balaban J connectivity index is 1.34. The Morgan fingerprint density at radius 2 is 0.469 bits per heavy atom. The predicted octanol–water partition coefficient (Wildman–Crippen LogP) is 10.3. The molecule has 0 amide bonds. The first-order chi connectivity index (χ1) is 24.3. The summed E-state index contributed by atoms with van der Waals surface area (Å²) in [5.74, 6) is 0. The van der Waals surface area contributed by atoms with E-state index in [1.165, 1.54) is 66.8 Å². The molecule has 8 aromatic rings. The zero-order chi connectivity index (χ0) is 32.4. The second-order valence-electron chi connectivity index (χ2n) is 12.7. The summed E-state index contributed by atoms with van der Waals surface area (Å²) >= 11 is 0. The zero-order valence-corrected chi connectivity index (χ0v) is 26.5. The van der Waals surface area contributed by atoms with Crippen molar-refractivity contribution in [3.8, 4) is 66.8 Å². The molecule has 0 saturated heterocycles. The average molecular weight is 625 g/mol. The van der Waals surface area contributed by atoms with Gasteiger partial charge in [0.05, 0.1) is 5.41 Å². The van der Waals surface area contributed by atoms with E-state index in [9.17, 15) is 0 Å². The minimum Gasteiger partial charge on any atom is -0.265 e. The van der Waals surface area contributed by atoms with Crippen LogP contribution in [0.4, 0.5) is 0 Å². The van der Waals surface area contributed by atoms with Crippen molar-refractivity contribution in [2.75, 3.05) is 0 Å². The Labute approximate surface area is 284 Å². The van der Waals surface area contributed by atoms with Gasteiger partial charge in [-0.1, -0.05) is 48.5 Å². The van der Waals surface area contributed by atoms with Crippen LogP contribution in [-0.2, 0) is 5.41 Å². The fourth-order valence-electron chi connectivity index (χ4n) is 8.12. The molecule has 2 aliphatic rings. The number of aromatic nitrogens is 4. The van der Waals surface area contributed by atoms with Crippen LogP contribution in [0.5, 0.6) is 0 Å². The van der Waals surface area contributed by atoms with Crippen LogP contribution in [0.25, 0.3) is 66.8 Å². The molecule has 0 bridgehead atoms. The molecule has 4 aromatic heterocycles. The molecule has 0 N–H and O–H groups in total. The molecule has 4 aromatic carbocycles. The predicted molar refractivity (Wildman–Crippen MR) is 196 cm³/mol. The van der Waals surface area contributed by atoms with Crippen LogP contribution in [0.1, 0.15) is 22.3 Å². The lowest BCUT2D eigenvalue weighted by Gasteiger charge is -2.32. The van der Waals surface area contributed by atoms with Crippen molar-refractivity contribution in [3.63, 3.8) is 0 Å². The van der Waals surface area contributed by atoms with Crippen molar-refractivity contribution in [2.24, 2.45) is 0 Å². The largest absolute Gasteiger partial charge is 0.265 e. The van der Waals surface area contributed by atoms with Crippen LogP contribution in [0.2, 0.25) is 0 Å². The normalized spacial score (nSPS) is 13.1. The molecule has 0 radical (unpaired) electrons. The third-order valence-electron chi connectivity index (χ3n) is 10.3. The van der Waals surface area contributed by atoms with E-state index >= 15 is 0 Å². The smallest absolute Gasteiger partial charge is 0.0726 e. The third kappa shape index (κ3) is 4.11. The summed E-state index contributed by atoms with van der Waals surface area (Å²) in [6.45, 7) is 0. The zero-order valence-electron chi connectivity index (χ0n) is 26.5. The molecule has 4 nitrogen and oxygen atoms in total. The van der Waals surface area contributed by atoms with E-state index in [4.69, 9.17) is 0 Å². The summed E-state index contributed by atoms with van der Waals surface area (Å²) < 4.78 is 0. The van der Waals surface area contributed by atoms with Crippen molar-refractivity contribution in [1.29, 1.82) is 0 Å². The molecule has 4 heterocycles. The van der Waals surface area contributed by atoms with E-state index in [0.29, 0.717) is 0 Å². The number of pyridine rings is 4. The van der Waals surface area contributed by atoms with E-state index in [1.54, 1.807) is 0 Å². The standard InChI is InChI=1S/C45H28N4/c1-5-37-38-6-2-34(30-11-19-47-20-12-30)26-42(38)45(41(37)25-33(1)29-9-17-46-18-10-29)43-27-35(31-13-21-48-22-14-31)3-7-39(43)40-8-4-36(28-44(40)45)32-15-23-49-24-16-32/h1-28H. The molecule has 0 unspecified atom stereocenters. The quantitative estimate of drug-likeness (QED) is 0.196. The summed E-state index contributed by atoms with van der Waals surface area (Å²) in [6.07, 6.45) is 15.0. The van der Waals surface area contributed by atoms with Gasteiger partial charge in [-0.2, -0.15) is 0 Å². The highest BCUT2D eigenvalue weighted by molar-refractivity contribution is 5.98. The average Bonchev–Trinajstić information content (AvgIpc) is 3.65. The van der Waals surface area contributed by atoms with Gasteiger partial charge >= 0.3 is 0 Å². The van der Waals surface area contributed by atoms with Crippen molar-refractivity contribution >= 4 is 0 Å². The molecule has 0 fully saturated rings. The van der Waals surface area contributed by atoms with Crippen LogP contribution >= 0.6 is 0 Å². The third-order valence-corrected chi connectivity index (χ3v) is 10.3. The summed E-state index contributed by atoms with van der Waals surface area (Å²) in [4.78, 5) is 17.2. The molecule has 49 heavy (non-hydrogen) atoms. The van der Waals surface area contributed by atoms with Crippen molar-refractivity contribution < 1.29 is 0 Å². The Bertz CT molecular complexity index is 2170. The van der Waals surface area contributed by atoms with E-state index in [2.05, 4.69) is 141 Å². The Kier molecular flexibility index (Phi) is 6.06. The highest BCUT2D eigenvalue weighted by atomic mass is 14.6. The summed E-state index contributed by atoms with van der Waals surface area (Å²) in [5, 5.41) is 0. The van der Waals surface area contributed by atoms with Crippen LogP contribution in [0.15, 0.2) is 171 Å². The van der Waals surface area contributed by atoms with Gasteiger partial charge in [-0.3, -0.25) is 19.9 Å². The number of hydrogen-bond acceptors (Lipinski definition) is 4. The number of hydrogen-bond donors (Lipinski definition) is 0. The maximum atomic E-state index is 4.31. The van der Waals surface area contributed by atoms with Gasteiger partial charge < -0.3 is 0 Å². The Morgan fingerprint density at radius 1 is 0.245 bits per heavy atom. The van der Waals surface area contributed by atoms with Gasteiger partial charge in [0.2, 0.25) is 0 Å². The lowest BCUT2D eigenvalue weighted by Crippen LogP contribution is -2.26. The van der Waals surface area contributed by atoms with Crippen LogP contribution < -0.4 is 0 Å². The minimum absolute atomic E-state index is 0.562. The molecule has 0 atom stereocenters. The van der Waals surface area contributed by atoms with Gasteiger partial charge in [-0.25, -0.2) is 0 Å². The number of nitrogens with zero attached hydrogens (tertiary/aromatic N) is 4. The topological polar surface area (TPSA) is 51.6 Å². The molecule has 228 valence electrons. The van der Waals surface area contributed by atoms with Gasteiger partial charge in [0.25, 0.3) is 0 Å². The monoisotopic (exact) mass is 624 g/mol. The van der Waals surface area contributed by atoms with Crippen molar-refractivity contribution in [1.82, 2.24) is 19.9 Å². The van der Waals surface area contributed by atoms with Gasteiger partial charge in [0.1, 0.15) is 0 Å². The Morgan fingerprint density at radius 3 is 0.694 bits per heavy atom. The number of rotatable bonds is 4. The second-order valence-corrected chi connectivity index (χ2v) is 12.7. The van der Waals surface area contributed by atoms with Gasteiger partial charge in [0, 0.05) is 49.6 Å². The minimum atomic E-state index is -0.562. The summed E-state index contributed by atoms with van der Waals surface area (Å²) in [6, 6.07) is 44.8. The van der Waals surface area contributed by atoms with Crippen LogP contribution in [0.3, 0.4) is 0 Å². The Hall–Kier alpha value is -6.52. The van der Waals surface area contributed by atoms with Gasteiger partial charge in [0.15, 0.2) is 0 Å². The fraction of sp³-hybridized carbons (Fsp3) is 0.0222. The van der Waals surface area contributed by atoms with Crippen molar-refractivity contribution in [2.45, 2.75) is 5.41 Å². The molecule has 10 rings (SSSR count). The lowest BCUT2D eigenvalue weighted by atomic mass is 9.69. The summed E-state index contributed by atoms with van der Waals surface area (Å²) in [7, 11) is 0. The first kappa shape index (κ1) is 27.6. The maximum Gasteiger partial charge on any atom is 0.0726 e. The number of benzene rings is 4. The highest BCUT2D eigenvalue weighted by Gasteiger charge is 2.52. The second kappa shape index (κ2) is 10.8. The molecular formula is C45H28N4. The first-order valence-electron chi connectivity index (χ1n) is 16.5. The molecular weight excluding hydrogens is 597 g/mol. The number of fused-ring (bicyclic) bond motifs is 10. The van der Waals surface area contributed by atoms with E-state index in [1.807, 2.05) is 49.6 Å². The molecule has 0 saturated carbocycles. The molecule has 1 spiro atoms.